The number of hydrogen-bond donors (Lipinski definition) is 1. The topological polar surface area (TPSA) is 72.4 Å². The molecule has 104 valence electrons. The van der Waals surface area contributed by atoms with Gasteiger partial charge in [-0.25, -0.2) is 0 Å². The predicted octanol–water partition coefficient (Wildman–Crippen LogP) is 1.57. The van der Waals surface area contributed by atoms with E-state index in [9.17, 15) is 4.79 Å². The molecule has 0 radical (unpaired) electrons. The summed E-state index contributed by atoms with van der Waals surface area (Å²) in [6.07, 6.45) is 0.913. The Hall–Kier alpha value is -2.14. The normalized spacial score (nSPS) is 18.8. The summed E-state index contributed by atoms with van der Waals surface area (Å²) in [6.45, 7) is 3.21. The van der Waals surface area contributed by atoms with E-state index < -0.39 is 6.04 Å². The summed E-state index contributed by atoms with van der Waals surface area (Å²) in [4.78, 5) is 13.9. The zero-order valence-corrected chi connectivity index (χ0v) is 11.4. The molecular formula is C15H17N3O2. The van der Waals surface area contributed by atoms with E-state index in [0.29, 0.717) is 6.54 Å². The molecule has 1 atom stereocenters. The SMILES string of the molecule is Cc1cc(CN2CCc3ccccc3[C@H]2C(N)=O)no1. The predicted molar refractivity (Wildman–Crippen MR) is 73.7 cm³/mol. The second-order valence-corrected chi connectivity index (χ2v) is 5.15. The second-order valence-electron chi connectivity index (χ2n) is 5.15. The van der Waals surface area contributed by atoms with Gasteiger partial charge in [0.1, 0.15) is 11.8 Å². The lowest BCUT2D eigenvalue weighted by Gasteiger charge is -2.34. The highest BCUT2D eigenvalue weighted by Crippen LogP contribution is 2.30. The van der Waals surface area contributed by atoms with Crippen LogP contribution in [0.15, 0.2) is 34.9 Å². The van der Waals surface area contributed by atoms with E-state index >= 15 is 0 Å². The van der Waals surface area contributed by atoms with E-state index in [0.717, 1.165) is 30.0 Å². The highest BCUT2D eigenvalue weighted by Gasteiger charge is 2.31. The van der Waals surface area contributed by atoms with Crippen LogP contribution < -0.4 is 5.73 Å². The third-order valence-electron chi connectivity index (χ3n) is 3.69. The number of nitrogens with zero attached hydrogens (tertiary/aromatic N) is 2. The van der Waals surface area contributed by atoms with Gasteiger partial charge in [-0.05, 0) is 24.5 Å². The van der Waals surface area contributed by atoms with Gasteiger partial charge in [0.25, 0.3) is 0 Å². The van der Waals surface area contributed by atoms with E-state index in [-0.39, 0.29) is 5.91 Å². The average Bonchev–Trinajstić information content (AvgIpc) is 2.83. The lowest BCUT2D eigenvalue weighted by molar-refractivity contribution is -0.124. The standard InChI is InChI=1S/C15H17N3O2/c1-10-8-12(17-20-10)9-18-7-6-11-4-2-3-5-13(11)14(18)15(16)19/h2-5,8,14H,6-7,9H2,1H3,(H2,16,19)/t14-/m0/s1. The largest absolute Gasteiger partial charge is 0.368 e. The fourth-order valence-corrected chi connectivity index (χ4v) is 2.82. The van der Waals surface area contributed by atoms with Crippen molar-refractivity contribution < 1.29 is 9.32 Å². The first-order valence-corrected chi connectivity index (χ1v) is 6.68. The van der Waals surface area contributed by atoms with Gasteiger partial charge in [-0.1, -0.05) is 29.4 Å². The Bertz CT molecular complexity index is 636. The number of hydrogen-bond acceptors (Lipinski definition) is 4. The fraction of sp³-hybridized carbons (Fsp3) is 0.333. The number of rotatable bonds is 3. The maximum Gasteiger partial charge on any atom is 0.239 e. The van der Waals surface area contributed by atoms with Crippen LogP contribution in [0.2, 0.25) is 0 Å². The van der Waals surface area contributed by atoms with Gasteiger partial charge in [0.05, 0.1) is 5.69 Å². The molecule has 20 heavy (non-hydrogen) atoms. The number of nitrogens with two attached hydrogens (primary N) is 1. The van der Waals surface area contributed by atoms with Crippen LogP contribution in [-0.2, 0) is 17.8 Å². The van der Waals surface area contributed by atoms with Crippen LogP contribution in [0.3, 0.4) is 0 Å². The molecule has 0 fully saturated rings. The van der Waals surface area contributed by atoms with Gasteiger partial charge in [0.15, 0.2) is 0 Å². The highest BCUT2D eigenvalue weighted by atomic mass is 16.5. The van der Waals surface area contributed by atoms with Gasteiger partial charge in [-0.15, -0.1) is 0 Å². The molecule has 2 N–H and O–H groups in total. The van der Waals surface area contributed by atoms with Crippen LogP contribution in [0.25, 0.3) is 0 Å². The van der Waals surface area contributed by atoms with Gasteiger partial charge in [-0.2, -0.15) is 0 Å². The smallest absolute Gasteiger partial charge is 0.239 e. The molecule has 5 heteroatoms. The Labute approximate surface area is 117 Å². The Kier molecular flexibility index (Phi) is 3.28. The molecule has 5 nitrogen and oxygen atoms in total. The molecule has 2 aromatic rings. The summed E-state index contributed by atoms with van der Waals surface area (Å²) in [7, 11) is 0. The van der Waals surface area contributed by atoms with Crippen LogP contribution in [0.1, 0.15) is 28.6 Å². The first-order valence-electron chi connectivity index (χ1n) is 6.68. The molecule has 0 saturated carbocycles. The number of fused-ring (bicyclic) bond motifs is 1. The number of carbonyl (C=O) groups is 1. The third-order valence-corrected chi connectivity index (χ3v) is 3.69. The van der Waals surface area contributed by atoms with Crippen molar-refractivity contribution in [2.24, 2.45) is 5.73 Å². The van der Waals surface area contributed by atoms with Gasteiger partial charge in [0, 0.05) is 19.2 Å². The van der Waals surface area contributed by atoms with Gasteiger partial charge in [-0.3, -0.25) is 9.69 Å². The van der Waals surface area contributed by atoms with Crippen molar-refractivity contribution in [3.63, 3.8) is 0 Å². The summed E-state index contributed by atoms with van der Waals surface area (Å²) < 4.78 is 5.08. The van der Waals surface area contributed by atoms with Crippen molar-refractivity contribution in [2.75, 3.05) is 6.54 Å². The van der Waals surface area contributed by atoms with Crippen molar-refractivity contribution in [3.05, 3.63) is 52.9 Å². The molecule has 0 aliphatic carbocycles. The van der Waals surface area contributed by atoms with E-state index in [1.165, 1.54) is 5.56 Å². The summed E-state index contributed by atoms with van der Waals surface area (Å²) in [6, 6.07) is 9.47. The summed E-state index contributed by atoms with van der Waals surface area (Å²) >= 11 is 0. The van der Waals surface area contributed by atoms with Crippen molar-refractivity contribution in [1.29, 1.82) is 0 Å². The second kappa shape index (κ2) is 5.09. The number of benzene rings is 1. The fourth-order valence-electron chi connectivity index (χ4n) is 2.82. The zero-order chi connectivity index (χ0) is 14.1. The maximum atomic E-state index is 11.9. The van der Waals surface area contributed by atoms with Crippen molar-refractivity contribution in [2.45, 2.75) is 25.9 Å². The molecule has 0 unspecified atom stereocenters. The molecule has 1 aliphatic rings. The Balaban J connectivity index is 1.90. The number of aromatic nitrogens is 1. The lowest BCUT2D eigenvalue weighted by atomic mass is 9.92. The van der Waals surface area contributed by atoms with Crippen molar-refractivity contribution >= 4 is 5.91 Å². The first kappa shape index (κ1) is 12.9. The van der Waals surface area contributed by atoms with Gasteiger partial charge >= 0.3 is 0 Å². The summed E-state index contributed by atoms with van der Waals surface area (Å²) in [5.74, 6) is 0.449. The zero-order valence-electron chi connectivity index (χ0n) is 11.4. The van der Waals surface area contributed by atoms with Crippen molar-refractivity contribution in [1.82, 2.24) is 10.1 Å². The van der Waals surface area contributed by atoms with Crippen LogP contribution >= 0.6 is 0 Å². The van der Waals surface area contributed by atoms with Gasteiger partial charge < -0.3 is 10.3 Å². The van der Waals surface area contributed by atoms with E-state index in [2.05, 4.69) is 16.1 Å². The quantitative estimate of drug-likeness (QED) is 0.919. The molecule has 1 aliphatic heterocycles. The number of primary amides is 1. The molecule has 1 aromatic heterocycles. The Morgan fingerprint density at radius 3 is 3.00 bits per heavy atom. The minimum Gasteiger partial charge on any atom is -0.368 e. The first-order chi connectivity index (χ1) is 9.65. The molecule has 1 aromatic carbocycles. The molecule has 0 saturated heterocycles. The van der Waals surface area contributed by atoms with E-state index in [1.54, 1.807) is 0 Å². The highest BCUT2D eigenvalue weighted by molar-refractivity contribution is 5.82. The molecule has 3 rings (SSSR count). The number of aryl methyl sites for hydroxylation is 1. The monoisotopic (exact) mass is 271 g/mol. The molecule has 2 heterocycles. The minimum atomic E-state index is -0.392. The van der Waals surface area contributed by atoms with E-state index in [1.807, 2.05) is 31.2 Å². The summed E-state index contributed by atoms with van der Waals surface area (Å²) in [5, 5.41) is 3.99. The lowest BCUT2D eigenvalue weighted by Crippen LogP contribution is -2.42. The van der Waals surface area contributed by atoms with Crippen LogP contribution in [-0.4, -0.2) is 22.5 Å². The maximum absolute atomic E-state index is 11.9. The molecule has 1 amide bonds. The van der Waals surface area contributed by atoms with Crippen LogP contribution in [0.4, 0.5) is 0 Å². The van der Waals surface area contributed by atoms with Gasteiger partial charge in [0.2, 0.25) is 5.91 Å². The van der Waals surface area contributed by atoms with Crippen LogP contribution in [0, 0.1) is 6.92 Å². The van der Waals surface area contributed by atoms with E-state index in [4.69, 9.17) is 10.3 Å². The molecule has 0 bridgehead atoms. The third kappa shape index (κ3) is 2.32. The molecular weight excluding hydrogens is 254 g/mol. The number of amides is 1. The minimum absolute atomic E-state index is 0.322. The average molecular weight is 271 g/mol. The number of carbonyl (C=O) groups excluding carboxylic acids is 1. The van der Waals surface area contributed by atoms with Crippen LogP contribution in [0.5, 0.6) is 0 Å². The van der Waals surface area contributed by atoms with Crippen molar-refractivity contribution in [3.8, 4) is 0 Å². The summed E-state index contributed by atoms with van der Waals surface area (Å²) in [5.41, 5.74) is 8.64. The Morgan fingerprint density at radius 2 is 2.30 bits per heavy atom. The molecule has 0 spiro atoms. The Morgan fingerprint density at radius 1 is 1.50 bits per heavy atom.